The van der Waals surface area contributed by atoms with Crippen LogP contribution >= 0.6 is 0 Å². The average Bonchev–Trinajstić information content (AvgIpc) is 2.73. The first-order valence-corrected chi connectivity index (χ1v) is 9.73. The number of amides is 1. The van der Waals surface area contributed by atoms with Crippen LogP contribution in [-0.4, -0.2) is 44.8 Å². The van der Waals surface area contributed by atoms with Gasteiger partial charge in [-0.2, -0.15) is 13.2 Å². The average molecular weight is 436 g/mol. The van der Waals surface area contributed by atoms with Gasteiger partial charge in [0.25, 0.3) is 5.91 Å². The Kier molecular flexibility index (Phi) is 6.84. The molecule has 0 aromatic heterocycles. The molecule has 1 fully saturated rings. The van der Waals surface area contributed by atoms with E-state index in [1.165, 1.54) is 6.07 Å². The molecular weight excluding hydrogens is 413 g/mol. The fourth-order valence-electron chi connectivity index (χ4n) is 3.24. The first-order chi connectivity index (χ1) is 14.6. The SMILES string of the molecule is Cc1ccc(C)c(C(=O)OCC(=O)Nc2cc(C(F)(F)F)ccc2N2CCOCC2)c1. The minimum atomic E-state index is -4.56. The van der Waals surface area contributed by atoms with Crippen molar-refractivity contribution in [2.45, 2.75) is 20.0 Å². The van der Waals surface area contributed by atoms with Crippen LogP contribution in [0.2, 0.25) is 0 Å². The molecule has 0 radical (unpaired) electrons. The van der Waals surface area contributed by atoms with E-state index < -0.39 is 30.2 Å². The lowest BCUT2D eigenvalue weighted by Gasteiger charge is -2.31. The Bertz CT molecular complexity index is 970. The van der Waals surface area contributed by atoms with Crippen molar-refractivity contribution in [1.82, 2.24) is 0 Å². The standard InChI is InChI=1S/C22H23F3N2O4/c1-14-3-4-15(2)17(11-14)21(29)31-13-20(28)26-18-12-16(22(23,24)25)5-6-19(18)27-7-9-30-10-8-27/h3-6,11-12H,7-10,13H2,1-2H3,(H,26,28). The Morgan fingerprint density at radius 1 is 1.10 bits per heavy atom. The second-order valence-electron chi connectivity index (χ2n) is 7.27. The molecule has 9 heteroatoms. The third-order valence-corrected chi connectivity index (χ3v) is 4.90. The fraction of sp³-hybridized carbons (Fsp3) is 0.364. The maximum atomic E-state index is 13.2. The van der Waals surface area contributed by atoms with Gasteiger partial charge in [0.2, 0.25) is 0 Å². The number of alkyl halides is 3. The predicted molar refractivity (Wildman–Crippen MR) is 109 cm³/mol. The van der Waals surface area contributed by atoms with Gasteiger partial charge in [-0.05, 0) is 43.7 Å². The zero-order valence-electron chi connectivity index (χ0n) is 17.2. The van der Waals surface area contributed by atoms with E-state index >= 15 is 0 Å². The lowest BCUT2D eigenvalue weighted by molar-refractivity contribution is -0.137. The van der Waals surface area contributed by atoms with Crippen LogP contribution in [0.3, 0.4) is 0 Å². The van der Waals surface area contributed by atoms with Gasteiger partial charge in [-0.25, -0.2) is 4.79 Å². The molecule has 1 aliphatic heterocycles. The van der Waals surface area contributed by atoms with Crippen molar-refractivity contribution in [3.63, 3.8) is 0 Å². The number of benzene rings is 2. The number of esters is 1. The molecule has 1 N–H and O–H groups in total. The summed E-state index contributed by atoms with van der Waals surface area (Å²) in [6, 6.07) is 8.45. The first kappa shape index (κ1) is 22.6. The van der Waals surface area contributed by atoms with E-state index in [9.17, 15) is 22.8 Å². The van der Waals surface area contributed by atoms with Crippen LogP contribution in [0.1, 0.15) is 27.0 Å². The second kappa shape index (κ2) is 9.38. The number of nitrogens with zero attached hydrogens (tertiary/aromatic N) is 1. The number of hydrogen-bond acceptors (Lipinski definition) is 5. The van der Waals surface area contributed by atoms with Crippen LogP contribution in [0.15, 0.2) is 36.4 Å². The Morgan fingerprint density at radius 2 is 1.81 bits per heavy atom. The number of anilines is 2. The van der Waals surface area contributed by atoms with E-state index in [1.807, 2.05) is 17.9 Å². The van der Waals surface area contributed by atoms with Gasteiger partial charge >= 0.3 is 12.1 Å². The number of hydrogen-bond donors (Lipinski definition) is 1. The van der Waals surface area contributed by atoms with Gasteiger partial charge in [0.1, 0.15) is 0 Å². The molecular formula is C22H23F3N2O4. The Hall–Kier alpha value is -3.07. The highest BCUT2D eigenvalue weighted by Gasteiger charge is 2.32. The van der Waals surface area contributed by atoms with E-state index in [0.29, 0.717) is 43.1 Å². The molecule has 2 aromatic rings. The minimum Gasteiger partial charge on any atom is -0.452 e. The minimum absolute atomic E-state index is 0.00418. The van der Waals surface area contributed by atoms with E-state index in [-0.39, 0.29) is 5.69 Å². The summed E-state index contributed by atoms with van der Waals surface area (Å²) < 4.78 is 49.9. The monoisotopic (exact) mass is 436 g/mol. The molecule has 1 aliphatic rings. The molecule has 6 nitrogen and oxygen atoms in total. The first-order valence-electron chi connectivity index (χ1n) is 9.73. The van der Waals surface area contributed by atoms with Gasteiger partial charge in [-0.15, -0.1) is 0 Å². The van der Waals surface area contributed by atoms with E-state index in [4.69, 9.17) is 9.47 Å². The molecule has 31 heavy (non-hydrogen) atoms. The summed E-state index contributed by atoms with van der Waals surface area (Å²) >= 11 is 0. The van der Waals surface area contributed by atoms with Gasteiger partial charge in [0.15, 0.2) is 6.61 Å². The topological polar surface area (TPSA) is 67.9 Å². The summed E-state index contributed by atoms with van der Waals surface area (Å²) in [5.41, 5.74) is 1.47. The van der Waals surface area contributed by atoms with Crippen LogP contribution in [0.5, 0.6) is 0 Å². The van der Waals surface area contributed by atoms with Gasteiger partial charge in [0.05, 0.1) is 35.7 Å². The number of ether oxygens (including phenoxy) is 2. The van der Waals surface area contributed by atoms with Crippen LogP contribution in [0, 0.1) is 13.8 Å². The molecule has 0 spiro atoms. The second-order valence-corrected chi connectivity index (χ2v) is 7.27. The zero-order chi connectivity index (χ0) is 22.6. The number of carbonyl (C=O) groups is 2. The summed E-state index contributed by atoms with van der Waals surface area (Å²) in [7, 11) is 0. The zero-order valence-corrected chi connectivity index (χ0v) is 17.2. The molecule has 1 heterocycles. The molecule has 2 aromatic carbocycles. The molecule has 0 bridgehead atoms. The largest absolute Gasteiger partial charge is 0.452 e. The summed E-state index contributed by atoms with van der Waals surface area (Å²) in [6.45, 7) is 4.78. The third kappa shape index (κ3) is 5.75. The van der Waals surface area contributed by atoms with Crippen LogP contribution in [0.4, 0.5) is 24.5 Å². The fourth-order valence-corrected chi connectivity index (χ4v) is 3.24. The third-order valence-electron chi connectivity index (χ3n) is 4.90. The molecule has 0 saturated carbocycles. The van der Waals surface area contributed by atoms with Crippen LogP contribution in [-0.2, 0) is 20.4 Å². The maximum absolute atomic E-state index is 13.2. The van der Waals surface area contributed by atoms with Gasteiger partial charge in [0, 0.05) is 13.1 Å². The summed E-state index contributed by atoms with van der Waals surface area (Å²) in [6.07, 6.45) is -4.56. The normalized spacial score (nSPS) is 14.3. The number of morpholine rings is 1. The van der Waals surface area contributed by atoms with Crippen molar-refractivity contribution in [3.8, 4) is 0 Å². The highest BCUT2D eigenvalue weighted by molar-refractivity contribution is 5.98. The van der Waals surface area contributed by atoms with Gasteiger partial charge in [-0.1, -0.05) is 17.7 Å². The van der Waals surface area contributed by atoms with E-state index in [1.54, 1.807) is 19.1 Å². The molecule has 1 amide bonds. The number of nitrogens with one attached hydrogen (secondary N) is 1. The van der Waals surface area contributed by atoms with Crippen LogP contribution < -0.4 is 10.2 Å². The van der Waals surface area contributed by atoms with Crippen molar-refractivity contribution < 1.29 is 32.2 Å². The van der Waals surface area contributed by atoms with Gasteiger partial charge in [-0.3, -0.25) is 4.79 Å². The molecule has 166 valence electrons. The van der Waals surface area contributed by atoms with Crippen molar-refractivity contribution in [2.24, 2.45) is 0 Å². The molecule has 0 atom stereocenters. The smallest absolute Gasteiger partial charge is 0.416 e. The Balaban J connectivity index is 1.74. The number of carbonyl (C=O) groups excluding carboxylic acids is 2. The van der Waals surface area contributed by atoms with Crippen molar-refractivity contribution in [2.75, 3.05) is 43.1 Å². The van der Waals surface area contributed by atoms with E-state index in [2.05, 4.69) is 5.32 Å². The molecule has 0 unspecified atom stereocenters. The number of halogens is 3. The molecule has 1 saturated heterocycles. The molecule has 0 aliphatic carbocycles. The maximum Gasteiger partial charge on any atom is 0.416 e. The van der Waals surface area contributed by atoms with Crippen LogP contribution in [0.25, 0.3) is 0 Å². The number of aryl methyl sites for hydroxylation is 2. The highest BCUT2D eigenvalue weighted by atomic mass is 19.4. The summed E-state index contributed by atoms with van der Waals surface area (Å²) in [5.74, 6) is -1.40. The number of rotatable bonds is 5. The lowest BCUT2D eigenvalue weighted by Crippen LogP contribution is -2.37. The van der Waals surface area contributed by atoms with Crippen molar-refractivity contribution in [3.05, 3.63) is 58.7 Å². The predicted octanol–water partition coefficient (Wildman–Crippen LogP) is 3.95. The quantitative estimate of drug-likeness (QED) is 0.719. The Labute approximate surface area is 177 Å². The van der Waals surface area contributed by atoms with Crippen molar-refractivity contribution >= 4 is 23.3 Å². The van der Waals surface area contributed by atoms with E-state index in [0.717, 1.165) is 17.7 Å². The summed E-state index contributed by atoms with van der Waals surface area (Å²) in [5, 5.41) is 2.45. The van der Waals surface area contributed by atoms with Gasteiger partial charge < -0.3 is 19.7 Å². The highest BCUT2D eigenvalue weighted by Crippen LogP contribution is 2.35. The summed E-state index contributed by atoms with van der Waals surface area (Å²) in [4.78, 5) is 26.5. The molecule has 3 rings (SSSR count). The lowest BCUT2D eigenvalue weighted by atomic mass is 10.1. The Morgan fingerprint density at radius 3 is 2.48 bits per heavy atom. The van der Waals surface area contributed by atoms with Crippen molar-refractivity contribution in [1.29, 1.82) is 0 Å².